The van der Waals surface area contributed by atoms with Crippen LogP contribution >= 0.6 is 0 Å². The van der Waals surface area contributed by atoms with Gasteiger partial charge in [-0.15, -0.1) is 0 Å². The Balaban J connectivity index is 3.35. The van der Waals surface area contributed by atoms with Crippen molar-refractivity contribution in [1.29, 1.82) is 0 Å². The second-order valence-corrected chi connectivity index (χ2v) is 2.42. The summed E-state index contributed by atoms with van der Waals surface area (Å²) in [6, 6.07) is 1.27. The molecule has 0 amide bonds. The number of aromatic hydroxyl groups is 1. The molecule has 0 fully saturated rings. The number of aromatic carboxylic acids is 1. The maximum absolute atomic E-state index is 10.9. The standard InChI is InChI=1S/C8H7NO4/c1-4(10)5-2-3-9-6(7(5)11)8(12)13/h2-3,11H,1H3,(H,12,13). The minimum Gasteiger partial charge on any atom is -0.505 e. The molecule has 0 aliphatic rings. The molecule has 1 aromatic heterocycles. The Morgan fingerprint density at radius 2 is 2.08 bits per heavy atom. The summed E-state index contributed by atoms with van der Waals surface area (Å²) in [5.74, 6) is -2.34. The third kappa shape index (κ3) is 1.64. The van der Waals surface area contributed by atoms with E-state index in [1.807, 2.05) is 0 Å². The highest BCUT2D eigenvalue weighted by Gasteiger charge is 2.16. The smallest absolute Gasteiger partial charge is 0.358 e. The Kier molecular flexibility index (Phi) is 2.27. The van der Waals surface area contributed by atoms with Crippen molar-refractivity contribution in [3.05, 3.63) is 23.5 Å². The molecule has 13 heavy (non-hydrogen) atoms. The van der Waals surface area contributed by atoms with Crippen LogP contribution in [-0.2, 0) is 0 Å². The molecular weight excluding hydrogens is 174 g/mol. The van der Waals surface area contributed by atoms with Crippen LogP contribution in [0.25, 0.3) is 0 Å². The average Bonchev–Trinajstić information content (AvgIpc) is 2.03. The van der Waals surface area contributed by atoms with Gasteiger partial charge in [-0.1, -0.05) is 0 Å². The first kappa shape index (κ1) is 9.18. The summed E-state index contributed by atoms with van der Waals surface area (Å²) in [6.07, 6.45) is 1.17. The zero-order chi connectivity index (χ0) is 10.0. The third-order valence-electron chi connectivity index (χ3n) is 1.51. The van der Waals surface area contributed by atoms with Crippen LogP contribution in [0.3, 0.4) is 0 Å². The number of Topliss-reactive ketones (excluding diaryl/α,β-unsaturated/α-hetero) is 1. The first-order valence-electron chi connectivity index (χ1n) is 3.46. The van der Waals surface area contributed by atoms with E-state index in [4.69, 9.17) is 5.11 Å². The molecular formula is C8H7NO4. The molecule has 1 heterocycles. The van der Waals surface area contributed by atoms with E-state index in [1.165, 1.54) is 19.2 Å². The number of nitrogens with zero attached hydrogens (tertiary/aromatic N) is 1. The molecule has 2 N–H and O–H groups in total. The molecule has 0 aromatic carbocycles. The molecule has 1 rings (SSSR count). The number of hydrogen-bond acceptors (Lipinski definition) is 4. The van der Waals surface area contributed by atoms with E-state index in [0.717, 1.165) is 0 Å². The minimum absolute atomic E-state index is 0.0348. The van der Waals surface area contributed by atoms with Crippen LogP contribution in [0.5, 0.6) is 5.75 Å². The van der Waals surface area contributed by atoms with Gasteiger partial charge in [0.1, 0.15) is 0 Å². The Labute approximate surface area is 73.7 Å². The molecule has 0 unspecified atom stereocenters. The van der Waals surface area contributed by atoms with E-state index in [0.29, 0.717) is 0 Å². The second-order valence-electron chi connectivity index (χ2n) is 2.42. The first-order chi connectivity index (χ1) is 6.04. The van der Waals surface area contributed by atoms with Gasteiger partial charge in [0.15, 0.2) is 17.2 Å². The summed E-state index contributed by atoms with van der Waals surface area (Å²) in [5.41, 5.74) is -0.542. The predicted octanol–water partition coefficient (Wildman–Crippen LogP) is 0.688. The second kappa shape index (κ2) is 3.22. The topological polar surface area (TPSA) is 87.5 Å². The summed E-state index contributed by atoms with van der Waals surface area (Å²) in [6.45, 7) is 1.24. The van der Waals surface area contributed by atoms with Crippen molar-refractivity contribution in [2.24, 2.45) is 0 Å². The Morgan fingerprint density at radius 1 is 1.46 bits per heavy atom. The number of carbonyl (C=O) groups is 2. The van der Waals surface area contributed by atoms with Crippen molar-refractivity contribution in [2.75, 3.05) is 0 Å². The van der Waals surface area contributed by atoms with Crippen molar-refractivity contribution in [3.8, 4) is 5.75 Å². The summed E-state index contributed by atoms with van der Waals surface area (Å²) in [7, 11) is 0. The van der Waals surface area contributed by atoms with Gasteiger partial charge in [0.05, 0.1) is 5.56 Å². The normalized spacial score (nSPS) is 9.62. The number of carbonyl (C=O) groups excluding carboxylic acids is 1. The molecule has 0 aliphatic carbocycles. The summed E-state index contributed by atoms with van der Waals surface area (Å²) in [5, 5.41) is 17.8. The maximum Gasteiger partial charge on any atom is 0.358 e. The van der Waals surface area contributed by atoms with Crippen molar-refractivity contribution in [3.63, 3.8) is 0 Å². The van der Waals surface area contributed by atoms with Crippen molar-refractivity contribution < 1.29 is 19.8 Å². The lowest BCUT2D eigenvalue weighted by Crippen LogP contribution is -2.04. The van der Waals surface area contributed by atoms with E-state index in [1.54, 1.807) is 0 Å². The van der Waals surface area contributed by atoms with Crippen LogP contribution in [0.15, 0.2) is 12.3 Å². The predicted molar refractivity (Wildman–Crippen MR) is 42.9 cm³/mol. The van der Waals surface area contributed by atoms with Crippen LogP contribution in [0.1, 0.15) is 27.8 Å². The van der Waals surface area contributed by atoms with Gasteiger partial charge in [-0.25, -0.2) is 9.78 Å². The average molecular weight is 181 g/mol. The molecule has 0 saturated carbocycles. The molecule has 5 heteroatoms. The summed E-state index contributed by atoms with van der Waals surface area (Å²) in [4.78, 5) is 24.7. The van der Waals surface area contributed by atoms with Gasteiger partial charge in [0.25, 0.3) is 0 Å². The van der Waals surface area contributed by atoms with E-state index >= 15 is 0 Å². The largest absolute Gasteiger partial charge is 0.505 e. The third-order valence-corrected chi connectivity index (χ3v) is 1.51. The zero-order valence-electron chi connectivity index (χ0n) is 6.81. The molecule has 1 aromatic rings. The number of carboxylic acid groups (broad SMARTS) is 1. The van der Waals surface area contributed by atoms with E-state index in [2.05, 4.69) is 4.98 Å². The molecule has 0 aliphatic heterocycles. The Bertz CT molecular complexity index is 340. The fraction of sp³-hybridized carbons (Fsp3) is 0.125. The Hall–Kier alpha value is -1.91. The number of aromatic nitrogens is 1. The van der Waals surface area contributed by atoms with E-state index < -0.39 is 23.2 Å². The van der Waals surface area contributed by atoms with Gasteiger partial charge in [0.2, 0.25) is 0 Å². The van der Waals surface area contributed by atoms with Gasteiger partial charge >= 0.3 is 5.97 Å². The van der Waals surface area contributed by atoms with Crippen molar-refractivity contribution >= 4 is 11.8 Å². The molecule has 5 nitrogen and oxygen atoms in total. The lowest BCUT2D eigenvalue weighted by atomic mass is 10.1. The molecule has 0 saturated heterocycles. The fourth-order valence-corrected chi connectivity index (χ4v) is 0.895. The molecule has 0 spiro atoms. The van der Waals surface area contributed by atoms with Crippen LogP contribution < -0.4 is 0 Å². The highest BCUT2D eigenvalue weighted by molar-refractivity contribution is 6.00. The number of rotatable bonds is 2. The molecule has 0 bridgehead atoms. The van der Waals surface area contributed by atoms with E-state index in [9.17, 15) is 14.7 Å². The van der Waals surface area contributed by atoms with Crippen LogP contribution in [-0.4, -0.2) is 26.9 Å². The number of carboxylic acids is 1. The lowest BCUT2D eigenvalue weighted by Gasteiger charge is -2.01. The van der Waals surface area contributed by atoms with Crippen molar-refractivity contribution in [1.82, 2.24) is 4.98 Å². The van der Waals surface area contributed by atoms with Crippen LogP contribution in [0, 0.1) is 0 Å². The maximum atomic E-state index is 10.9. The minimum atomic E-state index is -1.36. The van der Waals surface area contributed by atoms with Gasteiger partial charge in [0, 0.05) is 6.20 Å². The molecule has 0 radical (unpaired) electrons. The first-order valence-corrected chi connectivity index (χ1v) is 3.46. The van der Waals surface area contributed by atoms with Crippen LogP contribution in [0.4, 0.5) is 0 Å². The summed E-state index contributed by atoms with van der Waals surface area (Å²) < 4.78 is 0. The number of pyridine rings is 1. The number of hydrogen-bond donors (Lipinski definition) is 2. The number of ketones is 1. The van der Waals surface area contributed by atoms with Gasteiger partial charge < -0.3 is 10.2 Å². The van der Waals surface area contributed by atoms with Gasteiger partial charge in [-0.3, -0.25) is 4.79 Å². The van der Waals surface area contributed by atoms with Gasteiger partial charge in [-0.05, 0) is 13.0 Å². The monoisotopic (exact) mass is 181 g/mol. The van der Waals surface area contributed by atoms with E-state index in [-0.39, 0.29) is 5.56 Å². The SMILES string of the molecule is CC(=O)c1ccnc(C(=O)O)c1O. The highest BCUT2D eigenvalue weighted by atomic mass is 16.4. The van der Waals surface area contributed by atoms with Gasteiger partial charge in [-0.2, -0.15) is 0 Å². The van der Waals surface area contributed by atoms with Crippen molar-refractivity contribution in [2.45, 2.75) is 6.92 Å². The zero-order valence-corrected chi connectivity index (χ0v) is 6.81. The quantitative estimate of drug-likeness (QED) is 0.655. The fourth-order valence-electron chi connectivity index (χ4n) is 0.895. The highest BCUT2D eigenvalue weighted by Crippen LogP contribution is 2.20. The molecule has 0 atom stereocenters. The Morgan fingerprint density at radius 3 is 2.54 bits per heavy atom. The molecule has 68 valence electrons. The van der Waals surface area contributed by atoms with Crippen LogP contribution in [0.2, 0.25) is 0 Å². The summed E-state index contributed by atoms with van der Waals surface area (Å²) >= 11 is 0. The lowest BCUT2D eigenvalue weighted by molar-refractivity contribution is 0.0687.